The molecule has 112 valence electrons. The molecule has 0 bridgehead atoms. The largest absolute Gasteiger partial charge is 0.481 e. The van der Waals surface area contributed by atoms with Gasteiger partial charge in [-0.25, -0.2) is 4.79 Å². The Hall–Kier alpha value is -2.70. The maximum Gasteiger partial charge on any atom is 0.337 e. The fourth-order valence-electron chi connectivity index (χ4n) is 1.89. The summed E-state index contributed by atoms with van der Waals surface area (Å²) in [5, 5.41) is 7.42. The second-order valence-corrected chi connectivity index (χ2v) is 4.28. The highest BCUT2D eigenvalue weighted by Gasteiger charge is 2.30. The molecule has 21 heavy (non-hydrogen) atoms. The summed E-state index contributed by atoms with van der Waals surface area (Å²) in [7, 11) is 1.28. The molecule has 1 aliphatic rings. The van der Waals surface area contributed by atoms with Crippen molar-refractivity contribution in [2.75, 3.05) is 12.0 Å². The Morgan fingerprint density at radius 3 is 2.29 bits per heavy atom. The van der Waals surface area contributed by atoms with E-state index in [0.717, 1.165) is 17.4 Å². The standard InChI is InChI=1S/C12H11NO4.C2H4O2/c1-7(14)13-10-5-9(12(16)17-2)4-3-8(10)6-11(13)15;1-2(3)4/h3-5H,6H2,1-2H3;1H3,(H,3,4). The van der Waals surface area contributed by atoms with Gasteiger partial charge in [-0.15, -0.1) is 0 Å². The van der Waals surface area contributed by atoms with E-state index >= 15 is 0 Å². The van der Waals surface area contributed by atoms with E-state index in [-0.39, 0.29) is 18.2 Å². The zero-order valence-corrected chi connectivity index (χ0v) is 11.9. The smallest absolute Gasteiger partial charge is 0.337 e. The third-order valence-corrected chi connectivity index (χ3v) is 2.65. The van der Waals surface area contributed by atoms with Crippen molar-refractivity contribution in [2.45, 2.75) is 20.3 Å². The van der Waals surface area contributed by atoms with Crippen molar-refractivity contribution in [3.8, 4) is 0 Å². The molecule has 2 rings (SSSR count). The van der Waals surface area contributed by atoms with Gasteiger partial charge in [0.2, 0.25) is 11.8 Å². The van der Waals surface area contributed by atoms with Crippen LogP contribution in [-0.4, -0.2) is 36.0 Å². The van der Waals surface area contributed by atoms with Gasteiger partial charge in [-0.3, -0.25) is 19.3 Å². The zero-order chi connectivity index (χ0) is 16.2. The fourth-order valence-corrected chi connectivity index (χ4v) is 1.89. The molecule has 0 spiro atoms. The highest BCUT2D eigenvalue weighted by Crippen LogP contribution is 2.30. The average Bonchev–Trinajstić information content (AvgIpc) is 2.71. The van der Waals surface area contributed by atoms with E-state index in [1.54, 1.807) is 12.1 Å². The van der Waals surface area contributed by atoms with Crippen LogP contribution in [0.1, 0.15) is 29.8 Å². The van der Waals surface area contributed by atoms with E-state index < -0.39 is 11.9 Å². The minimum atomic E-state index is -0.833. The summed E-state index contributed by atoms with van der Waals surface area (Å²) in [6.07, 6.45) is 0.191. The molecule has 7 nitrogen and oxygen atoms in total. The molecule has 0 aliphatic carbocycles. The number of benzene rings is 1. The van der Waals surface area contributed by atoms with Crippen molar-refractivity contribution in [1.29, 1.82) is 0 Å². The van der Waals surface area contributed by atoms with Crippen molar-refractivity contribution in [1.82, 2.24) is 0 Å². The summed E-state index contributed by atoms with van der Waals surface area (Å²) in [6.45, 7) is 2.40. The molecular formula is C14H15NO6. The van der Waals surface area contributed by atoms with Gasteiger partial charge < -0.3 is 9.84 Å². The highest BCUT2D eigenvalue weighted by molar-refractivity contribution is 6.18. The summed E-state index contributed by atoms with van der Waals surface area (Å²) in [6, 6.07) is 4.76. The number of esters is 1. The van der Waals surface area contributed by atoms with Gasteiger partial charge in [0.25, 0.3) is 5.97 Å². The summed E-state index contributed by atoms with van der Waals surface area (Å²) >= 11 is 0. The number of anilines is 1. The van der Waals surface area contributed by atoms with Crippen LogP contribution < -0.4 is 4.90 Å². The van der Waals surface area contributed by atoms with Crippen molar-refractivity contribution in [3.05, 3.63) is 29.3 Å². The van der Waals surface area contributed by atoms with Crippen LogP contribution in [0.15, 0.2) is 18.2 Å². The Kier molecular flexibility index (Phi) is 5.18. The number of fused-ring (bicyclic) bond motifs is 1. The number of carbonyl (C=O) groups excluding carboxylic acids is 3. The fraction of sp³-hybridized carbons (Fsp3) is 0.286. The second kappa shape index (κ2) is 6.65. The lowest BCUT2D eigenvalue weighted by molar-refractivity contribution is -0.134. The summed E-state index contributed by atoms with van der Waals surface area (Å²) in [4.78, 5) is 44.4. The van der Waals surface area contributed by atoms with Crippen molar-refractivity contribution in [2.24, 2.45) is 0 Å². The molecule has 1 N–H and O–H groups in total. The van der Waals surface area contributed by atoms with Crippen molar-refractivity contribution in [3.63, 3.8) is 0 Å². The Morgan fingerprint density at radius 2 is 1.81 bits per heavy atom. The van der Waals surface area contributed by atoms with Crippen LogP contribution in [0.25, 0.3) is 0 Å². The predicted octanol–water partition coefficient (Wildman–Crippen LogP) is 1.000. The molecule has 0 saturated carbocycles. The van der Waals surface area contributed by atoms with Gasteiger partial charge >= 0.3 is 5.97 Å². The third kappa shape index (κ3) is 3.88. The molecule has 0 aromatic heterocycles. The molecule has 0 saturated heterocycles. The SMILES string of the molecule is CC(=O)O.COC(=O)c1ccc2c(c1)N(C(C)=O)C(=O)C2. The minimum Gasteiger partial charge on any atom is -0.481 e. The first-order valence-electron chi connectivity index (χ1n) is 6.02. The number of carboxylic acids is 1. The lowest BCUT2D eigenvalue weighted by Crippen LogP contribution is -2.31. The maximum absolute atomic E-state index is 11.6. The number of hydrogen-bond donors (Lipinski definition) is 1. The van der Waals surface area contributed by atoms with Crippen LogP contribution in [0, 0.1) is 0 Å². The van der Waals surface area contributed by atoms with Crippen LogP contribution in [0.5, 0.6) is 0 Å². The zero-order valence-electron chi connectivity index (χ0n) is 11.9. The lowest BCUT2D eigenvalue weighted by Gasteiger charge is -2.13. The van der Waals surface area contributed by atoms with Crippen LogP contribution in [0.4, 0.5) is 5.69 Å². The molecule has 0 unspecified atom stereocenters. The molecule has 0 atom stereocenters. The number of imide groups is 1. The van der Waals surface area contributed by atoms with Crippen LogP contribution in [-0.2, 0) is 25.5 Å². The van der Waals surface area contributed by atoms with E-state index in [2.05, 4.69) is 4.74 Å². The van der Waals surface area contributed by atoms with Gasteiger partial charge in [0, 0.05) is 13.8 Å². The number of amides is 2. The number of aliphatic carboxylic acids is 1. The predicted molar refractivity (Wildman–Crippen MR) is 73.0 cm³/mol. The minimum absolute atomic E-state index is 0.191. The number of hydrogen-bond acceptors (Lipinski definition) is 5. The summed E-state index contributed by atoms with van der Waals surface area (Å²) < 4.78 is 4.59. The Labute approximate surface area is 121 Å². The van der Waals surface area contributed by atoms with E-state index in [0.29, 0.717) is 11.3 Å². The first-order chi connectivity index (χ1) is 9.77. The Bertz CT molecular complexity index is 603. The molecule has 0 fully saturated rings. The van der Waals surface area contributed by atoms with Gasteiger partial charge in [-0.2, -0.15) is 0 Å². The number of carboxylic acid groups (broad SMARTS) is 1. The monoisotopic (exact) mass is 293 g/mol. The van der Waals surface area contributed by atoms with E-state index in [9.17, 15) is 14.4 Å². The number of nitrogens with zero attached hydrogens (tertiary/aromatic N) is 1. The van der Waals surface area contributed by atoms with E-state index in [4.69, 9.17) is 9.90 Å². The molecule has 7 heteroatoms. The van der Waals surface area contributed by atoms with Gasteiger partial charge in [0.05, 0.1) is 24.8 Å². The number of rotatable bonds is 1. The average molecular weight is 293 g/mol. The first kappa shape index (κ1) is 16.4. The van der Waals surface area contributed by atoms with Crippen molar-refractivity contribution >= 4 is 29.4 Å². The second-order valence-electron chi connectivity index (χ2n) is 4.28. The molecule has 2 amide bonds. The molecule has 1 heterocycles. The molecular weight excluding hydrogens is 278 g/mol. The van der Waals surface area contributed by atoms with Gasteiger partial charge in [-0.05, 0) is 17.7 Å². The topological polar surface area (TPSA) is 101 Å². The van der Waals surface area contributed by atoms with E-state index in [1.165, 1.54) is 20.1 Å². The van der Waals surface area contributed by atoms with Gasteiger partial charge in [-0.1, -0.05) is 6.07 Å². The Morgan fingerprint density at radius 1 is 1.24 bits per heavy atom. The van der Waals surface area contributed by atoms with Crippen molar-refractivity contribution < 1.29 is 29.0 Å². The Balaban J connectivity index is 0.000000491. The lowest BCUT2D eigenvalue weighted by atomic mass is 10.1. The first-order valence-corrected chi connectivity index (χ1v) is 6.02. The van der Waals surface area contributed by atoms with Crippen LogP contribution >= 0.6 is 0 Å². The normalized spacial score (nSPS) is 12.1. The third-order valence-electron chi connectivity index (χ3n) is 2.65. The highest BCUT2D eigenvalue weighted by atomic mass is 16.5. The quantitative estimate of drug-likeness (QED) is 0.775. The summed E-state index contributed by atoms with van der Waals surface area (Å²) in [5.41, 5.74) is 1.55. The number of ether oxygens (including phenoxy) is 1. The van der Waals surface area contributed by atoms with E-state index in [1.807, 2.05) is 0 Å². The molecule has 1 aliphatic heterocycles. The van der Waals surface area contributed by atoms with Crippen LogP contribution in [0.3, 0.4) is 0 Å². The van der Waals surface area contributed by atoms with Gasteiger partial charge in [0.15, 0.2) is 0 Å². The van der Waals surface area contributed by atoms with Gasteiger partial charge in [0.1, 0.15) is 0 Å². The maximum atomic E-state index is 11.6. The molecule has 1 aromatic rings. The number of methoxy groups -OCH3 is 1. The molecule has 1 aromatic carbocycles. The molecule has 0 radical (unpaired) electrons. The summed E-state index contributed by atoms with van der Waals surface area (Å²) in [5.74, 6) is -1.94. The van der Waals surface area contributed by atoms with Crippen LogP contribution in [0.2, 0.25) is 0 Å². The number of carbonyl (C=O) groups is 4.